The van der Waals surface area contributed by atoms with Crippen LogP contribution >= 0.6 is 23.4 Å². The Kier molecular flexibility index (Phi) is 8.67. The van der Waals surface area contributed by atoms with E-state index in [9.17, 15) is 4.79 Å². The normalized spacial score (nSPS) is 10.5. The number of hydrogen-bond acceptors (Lipinski definition) is 8. The van der Waals surface area contributed by atoms with Crippen LogP contribution in [0.4, 0.5) is 5.69 Å². The van der Waals surface area contributed by atoms with Crippen LogP contribution in [0.2, 0.25) is 5.02 Å². The first-order valence-electron chi connectivity index (χ1n) is 10.1. The maximum atomic E-state index is 12.5. The highest BCUT2D eigenvalue weighted by Crippen LogP contribution is 2.41. The molecule has 0 aliphatic heterocycles. The van der Waals surface area contributed by atoms with Crippen LogP contribution in [0.3, 0.4) is 0 Å². The van der Waals surface area contributed by atoms with Gasteiger partial charge in [-0.2, -0.15) is 0 Å². The van der Waals surface area contributed by atoms with Crippen LogP contribution in [-0.4, -0.2) is 54.9 Å². The summed E-state index contributed by atoms with van der Waals surface area (Å²) < 4.78 is 23.3. The van der Waals surface area contributed by atoms with Gasteiger partial charge in [0.25, 0.3) is 0 Å². The SMILES string of the molecule is C=CCn1c(SCC(=O)Nc2ccc(OC)c(Cl)c2)nnc1-c1cc(OC)c(OC)c(OC)c1. The first-order valence-corrected chi connectivity index (χ1v) is 11.4. The van der Waals surface area contributed by atoms with E-state index in [1.807, 2.05) is 4.57 Å². The number of nitrogens with one attached hydrogen (secondary N) is 1. The summed E-state index contributed by atoms with van der Waals surface area (Å²) in [5.41, 5.74) is 1.29. The minimum atomic E-state index is -0.214. The van der Waals surface area contributed by atoms with Gasteiger partial charge in [-0.15, -0.1) is 16.8 Å². The van der Waals surface area contributed by atoms with Crippen LogP contribution in [0.5, 0.6) is 23.0 Å². The van der Waals surface area contributed by atoms with Crippen LogP contribution in [0.25, 0.3) is 11.4 Å². The van der Waals surface area contributed by atoms with E-state index < -0.39 is 0 Å². The molecule has 0 radical (unpaired) electrons. The fraction of sp³-hybridized carbons (Fsp3) is 0.261. The zero-order valence-electron chi connectivity index (χ0n) is 19.3. The number of ether oxygens (including phenoxy) is 4. The zero-order chi connectivity index (χ0) is 24.7. The number of nitrogens with zero attached hydrogens (tertiary/aromatic N) is 3. The van der Waals surface area contributed by atoms with E-state index in [1.165, 1.54) is 18.9 Å². The standard InChI is InChI=1S/C23H25ClN4O5S/c1-6-9-28-22(14-10-18(31-3)21(33-5)19(11-14)32-4)26-27-23(28)34-13-20(29)25-15-7-8-17(30-2)16(24)12-15/h6-8,10-12H,1,9,13H2,2-5H3,(H,25,29). The number of carbonyl (C=O) groups excluding carboxylic acids is 1. The van der Waals surface area contributed by atoms with Gasteiger partial charge in [0.1, 0.15) is 5.75 Å². The third kappa shape index (κ3) is 5.57. The molecule has 0 atom stereocenters. The Balaban J connectivity index is 1.81. The molecule has 1 amide bonds. The van der Waals surface area contributed by atoms with E-state index >= 15 is 0 Å². The molecule has 0 unspecified atom stereocenters. The number of rotatable bonds is 11. The Bertz CT molecular complexity index is 1160. The van der Waals surface area contributed by atoms with Gasteiger partial charge in [-0.25, -0.2) is 0 Å². The van der Waals surface area contributed by atoms with Crippen molar-refractivity contribution in [3.63, 3.8) is 0 Å². The zero-order valence-corrected chi connectivity index (χ0v) is 20.8. The summed E-state index contributed by atoms with van der Waals surface area (Å²) in [6.45, 7) is 4.26. The average Bonchev–Trinajstić information content (AvgIpc) is 3.24. The lowest BCUT2D eigenvalue weighted by atomic mass is 10.1. The molecule has 0 spiro atoms. The van der Waals surface area contributed by atoms with Gasteiger partial charge in [0.2, 0.25) is 11.7 Å². The van der Waals surface area contributed by atoms with Crippen molar-refractivity contribution in [1.82, 2.24) is 14.8 Å². The molecule has 3 rings (SSSR count). The molecule has 34 heavy (non-hydrogen) atoms. The average molecular weight is 505 g/mol. The summed E-state index contributed by atoms with van der Waals surface area (Å²) in [6.07, 6.45) is 1.73. The monoisotopic (exact) mass is 504 g/mol. The Morgan fingerprint density at radius 3 is 2.29 bits per heavy atom. The molecule has 1 aromatic heterocycles. The fourth-order valence-electron chi connectivity index (χ4n) is 3.18. The van der Waals surface area contributed by atoms with Gasteiger partial charge in [0, 0.05) is 17.8 Å². The van der Waals surface area contributed by atoms with Gasteiger partial charge in [0.05, 0.1) is 39.2 Å². The number of aromatic nitrogens is 3. The topological polar surface area (TPSA) is 96.7 Å². The molecule has 9 nitrogen and oxygen atoms in total. The molecule has 1 heterocycles. The second kappa shape index (κ2) is 11.7. The van der Waals surface area contributed by atoms with Crippen molar-refractivity contribution >= 4 is 35.0 Å². The van der Waals surface area contributed by atoms with Crippen LogP contribution in [0.15, 0.2) is 48.1 Å². The van der Waals surface area contributed by atoms with Gasteiger partial charge in [-0.1, -0.05) is 29.4 Å². The van der Waals surface area contributed by atoms with Crippen molar-refractivity contribution in [2.24, 2.45) is 0 Å². The van der Waals surface area contributed by atoms with Crippen LogP contribution in [0.1, 0.15) is 0 Å². The molecule has 0 saturated heterocycles. The van der Waals surface area contributed by atoms with Crippen LogP contribution < -0.4 is 24.3 Å². The molecule has 2 aromatic carbocycles. The molecule has 1 N–H and O–H groups in total. The molecular formula is C23H25ClN4O5S. The predicted molar refractivity (Wildman–Crippen MR) is 133 cm³/mol. The quantitative estimate of drug-likeness (QED) is 0.300. The molecule has 3 aromatic rings. The van der Waals surface area contributed by atoms with Crippen molar-refractivity contribution in [3.05, 3.63) is 48.0 Å². The van der Waals surface area contributed by atoms with Crippen LogP contribution in [0, 0.1) is 0 Å². The summed E-state index contributed by atoms with van der Waals surface area (Å²) in [5.74, 6) is 2.49. The van der Waals surface area contributed by atoms with Crippen molar-refractivity contribution in [2.45, 2.75) is 11.7 Å². The molecule has 0 aliphatic rings. The molecule has 0 saturated carbocycles. The number of hydrogen-bond donors (Lipinski definition) is 1. The van der Waals surface area contributed by atoms with Crippen molar-refractivity contribution in [3.8, 4) is 34.4 Å². The number of halogens is 1. The number of amides is 1. The fourth-order valence-corrected chi connectivity index (χ4v) is 4.19. The van der Waals surface area contributed by atoms with Gasteiger partial charge in [-0.3, -0.25) is 9.36 Å². The van der Waals surface area contributed by atoms with Crippen molar-refractivity contribution in [2.75, 3.05) is 39.5 Å². The van der Waals surface area contributed by atoms with Gasteiger partial charge in [-0.05, 0) is 30.3 Å². The smallest absolute Gasteiger partial charge is 0.234 e. The minimum absolute atomic E-state index is 0.119. The first-order chi connectivity index (χ1) is 16.4. The third-order valence-electron chi connectivity index (χ3n) is 4.72. The highest BCUT2D eigenvalue weighted by Gasteiger charge is 2.20. The highest BCUT2D eigenvalue weighted by molar-refractivity contribution is 7.99. The molecule has 0 aliphatic carbocycles. The van der Waals surface area contributed by atoms with Crippen LogP contribution in [-0.2, 0) is 11.3 Å². The second-order valence-corrected chi connectivity index (χ2v) is 8.16. The molecule has 0 bridgehead atoms. The molecular weight excluding hydrogens is 480 g/mol. The maximum absolute atomic E-state index is 12.5. The summed E-state index contributed by atoms with van der Waals surface area (Å²) in [4.78, 5) is 12.5. The lowest BCUT2D eigenvalue weighted by Crippen LogP contribution is -2.14. The summed E-state index contributed by atoms with van der Waals surface area (Å²) in [6, 6.07) is 8.62. The summed E-state index contributed by atoms with van der Waals surface area (Å²) in [5, 5.41) is 12.4. The number of carbonyl (C=O) groups is 1. The van der Waals surface area contributed by atoms with E-state index in [4.69, 9.17) is 30.5 Å². The largest absolute Gasteiger partial charge is 0.495 e. The molecule has 11 heteroatoms. The van der Waals surface area contributed by atoms with E-state index in [1.54, 1.807) is 57.7 Å². The minimum Gasteiger partial charge on any atom is -0.495 e. The Hall–Kier alpha value is -3.37. The van der Waals surface area contributed by atoms with E-state index in [-0.39, 0.29) is 11.7 Å². The third-order valence-corrected chi connectivity index (χ3v) is 5.98. The Labute approximate surface area is 207 Å². The van der Waals surface area contributed by atoms with E-state index in [0.717, 1.165) is 0 Å². The predicted octanol–water partition coefficient (Wildman–Crippen LogP) is 4.55. The number of methoxy groups -OCH3 is 4. The number of thioether (sulfide) groups is 1. The van der Waals surface area contributed by atoms with E-state index in [2.05, 4.69) is 22.1 Å². The lowest BCUT2D eigenvalue weighted by molar-refractivity contribution is -0.113. The Morgan fingerprint density at radius 2 is 1.74 bits per heavy atom. The van der Waals surface area contributed by atoms with Gasteiger partial charge in [0.15, 0.2) is 22.5 Å². The molecule has 0 fully saturated rings. The summed E-state index contributed by atoms with van der Waals surface area (Å²) >= 11 is 7.38. The molecule has 180 valence electrons. The first kappa shape index (κ1) is 25.3. The Morgan fingerprint density at radius 1 is 1.06 bits per heavy atom. The number of anilines is 1. The van der Waals surface area contributed by atoms with Gasteiger partial charge >= 0.3 is 0 Å². The number of benzene rings is 2. The van der Waals surface area contributed by atoms with Crippen molar-refractivity contribution in [1.29, 1.82) is 0 Å². The van der Waals surface area contributed by atoms with Crippen molar-refractivity contribution < 1.29 is 23.7 Å². The second-order valence-electron chi connectivity index (χ2n) is 6.81. The van der Waals surface area contributed by atoms with E-state index in [0.29, 0.717) is 56.8 Å². The maximum Gasteiger partial charge on any atom is 0.234 e. The lowest BCUT2D eigenvalue weighted by Gasteiger charge is -2.14. The van der Waals surface area contributed by atoms with Gasteiger partial charge < -0.3 is 24.3 Å². The number of allylic oxidation sites excluding steroid dienone is 1. The highest BCUT2D eigenvalue weighted by atomic mass is 35.5. The summed E-state index contributed by atoms with van der Waals surface area (Å²) in [7, 11) is 6.17.